The van der Waals surface area contributed by atoms with Crippen LogP contribution in [0, 0.1) is 11.8 Å². The number of hydrogen-bond acceptors (Lipinski definition) is 7. The molecule has 41 heavy (non-hydrogen) atoms. The second-order valence-corrected chi connectivity index (χ2v) is 13.9. The number of amides is 1. The number of sulfonamides is 1. The maximum atomic E-state index is 13.7. The minimum atomic E-state index is -3.68. The molecule has 0 bridgehead atoms. The Morgan fingerprint density at radius 1 is 1.00 bits per heavy atom. The molecule has 2 aromatic carbocycles. The average molecular weight is 592 g/mol. The summed E-state index contributed by atoms with van der Waals surface area (Å²) in [5.41, 5.74) is 2.81. The Bertz CT molecular complexity index is 1600. The molecule has 2 unspecified atom stereocenters. The van der Waals surface area contributed by atoms with E-state index in [9.17, 15) is 13.2 Å². The smallest absolute Gasteiger partial charge is 0.286 e. The van der Waals surface area contributed by atoms with Crippen LogP contribution in [0.1, 0.15) is 25.8 Å². The highest BCUT2D eigenvalue weighted by molar-refractivity contribution is 8.18. The third-order valence-electron chi connectivity index (χ3n) is 7.52. The largest absolute Gasteiger partial charge is 0.378 e. The van der Waals surface area contributed by atoms with Gasteiger partial charge in [-0.1, -0.05) is 44.2 Å². The van der Waals surface area contributed by atoms with E-state index in [4.69, 9.17) is 9.84 Å². The number of piperidine rings is 1. The van der Waals surface area contributed by atoms with Crippen LogP contribution in [0.2, 0.25) is 0 Å². The van der Waals surface area contributed by atoms with E-state index in [1.165, 1.54) is 11.8 Å². The molecule has 2 fully saturated rings. The number of amidine groups is 1. The Kier molecular flexibility index (Phi) is 7.86. The summed E-state index contributed by atoms with van der Waals surface area (Å²) < 4.78 is 36.2. The molecule has 9 nitrogen and oxygen atoms in total. The quantitative estimate of drug-likeness (QED) is 0.403. The van der Waals surface area contributed by atoms with E-state index >= 15 is 0 Å². The summed E-state index contributed by atoms with van der Waals surface area (Å²) >= 11 is 1.35. The average Bonchev–Trinajstić information content (AvgIpc) is 3.57. The molecule has 6 rings (SSSR count). The van der Waals surface area contributed by atoms with Crippen molar-refractivity contribution in [2.75, 3.05) is 39.4 Å². The minimum Gasteiger partial charge on any atom is -0.378 e. The van der Waals surface area contributed by atoms with Crippen molar-refractivity contribution in [3.05, 3.63) is 71.3 Å². The van der Waals surface area contributed by atoms with E-state index < -0.39 is 10.0 Å². The monoisotopic (exact) mass is 591 g/mol. The van der Waals surface area contributed by atoms with Crippen LogP contribution in [0.5, 0.6) is 0 Å². The second-order valence-electron chi connectivity index (χ2n) is 10.9. The van der Waals surface area contributed by atoms with Crippen LogP contribution in [-0.4, -0.2) is 77.9 Å². The van der Waals surface area contributed by atoms with Gasteiger partial charge in [0.1, 0.15) is 5.69 Å². The van der Waals surface area contributed by atoms with Crippen molar-refractivity contribution in [1.82, 2.24) is 19.0 Å². The van der Waals surface area contributed by atoms with E-state index in [2.05, 4.69) is 23.7 Å². The Balaban J connectivity index is 1.37. The maximum absolute atomic E-state index is 13.7. The van der Waals surface area contributed by atoms with Crippen LogP contribution in [-0.2, 0) is 19.6 Å². The number of para-hydroxylation sites is 1. The first-order valence-corrected chi connectivity index (χ1v) is 16.1. The van der Waals surface area contributed by atoms with Gasteiger partial charge >= 0.3 is 0 Å². The molecule has 3 aliphatic heterocycles. The lowest BCUT2D eigenvalue weighted by molar-refractivity contribution is -0.113. The third-order valence-corrected chi connectivity index (χ3v) is 10.4. The van der Waals surface area contributed by atoms with Gasteiger partial charge in [-0.25, -0.2) is 13.1 Å². The van der Waals surface area contributed by atoms with E-state index in [1.54, 1.807) is 33.3 Å². The molecule has 11 heteroatoms. The molecule has 1 aromatic heterocycles. The van der Waals surface area contributed by atoms with Crippen LogP contribution in [0.3, 0.4) is 0 Å². The van der Waals surface area contributed by atoms with Gasteiger partial charge in [-0.15, -0.1) is 0 Å². The fourth-order valence-corrected chi connectivity index (χ4v) is 8.30. The number of carbonyl (C=O) groups is 1. The molecule has 2 atom stereocenters. The highest BCUT2D eigenvalue weighted by Gasteiger charge is 2.32. The number of aliphatic imine (C=N–C) groups is 1. The van der Waals surface area contributed by atoms with Crippen molar-refractivity contribution < 1.29 is 17.9 Å². The van der Waals surface area contributed by atoms with Gasteiger partial charge in [0.25, 0.3) is 5.91 Å². The highest BCUT2D eigenvalue weighted by Crippen LogP contribution is 2.35. The molecule has 214 valence electrons. The molecule has 4 heterocycles. The summed E-state index contributed by atoms with van der Waals surface area (Å²) in [6.07, 6.45) is 4.70. The van der Waals surface area contributed by atoms with Gasteiger partial charge in [0.05, 0.1) is 28.7 Å². The molecule has 2 saturated heterocycles. The molecule has 3 aliphatic rings. The fourth-order valence-electron chi connectivity index (χ4n) is 5.61. The molecule has 3 aromatic rings. The van der Waals surface area contributed by atoms with Crippen molar-refractivity contribution in [1.29, 1.82) is 0 Å². The van der Waals surface area contributed by atoms with Crippen molar-refractivity contribution >= 4 is 38.9 Å². The summed E-state index contributed by atoms with van der Waals surface area (Å²) in [7, 11) is -3.68. The number of ether oxygens (including phenoxy) is 1. The van der Waals surface area contributed by atoms with Crippen molar-refractivity contribution in [3.8, 4) is 16.9 Å². The number of nitrogens with zero attached hydrogens (tertiary/aromatic N) is 5. The molecule has 0 N–H and O–H groups in total. The van der Waals surface area contributed by atoms with Crippen LogP contribution in [0.15, 0.2) is 75.6 Å². The summed E-state index contributed by atoms with van der Waals surface area (Å²) in [5.74, 6) is 0.324. The zero-order valence-corrected chi connectivity index (χ0v) is 24.8. The first-order valence-electron chi connectivity index (χ1n) is 13.9. The van der Waals surface area contributed by atoms with Gasteiger partial charge in [-0.3, -0.25) is 4.79 Å². The van der Waals surface area contributed by atoms with Gasteiger partial charge in [0, 0.05) is 43.5 Å². The first kappa shape index (κ1) is 27.9. The van der Waals surface area contributed by atoms with Crippen LogP contribution in [0.4, 0.5) is 0 Å². The number of benzene rings is 2. The van der Waals surface area contributed by atoms with E-state index in [-0.39, 0.29) is 10.8 Å². The number of rotatable bonds is 5. The van der Waals surface area contributed by atoms with Gasteiger partial charge in [0.15, 0.2) is 5.17 Å². The number of carbonyl (C=O) groups excluding carboxylic acids is 1. The Labute approximate surface area is 244 Å². The maximum Gasteiger partial charge on any atom is 0.286 e. The van der Waals surface area contributed by atoms with E-state index in [0.29, 0.717) is 78.1 Å². The highest BCUT2D eigenvalue weighted by atomic mass is 32.2. The molecule has 0 aliphatic carbocycles. The first-order chi connectivity index (χ1) is 19.8. The summed E-state index contributed by atoms with van der Waals surface area (Å²) in [5, 5.41) is 5.55. The standard InChI is InChI=1S/C30H33N5O4S2/c1-21-15-22(2)19-34(18-21)41(37,38)26-10-6-7-23(16-26)28-24(20-35(32-28)25-8-4-3-5-9-25)17-27-29(36)31-30(40-27)33-11-13-39-14-12-33/h3-10,16-17,20-22H,11-15,18-19H2,1-2H3. The number of morpholine rings is 1. The van der Waals surface area contributed by atoms with Crippen molar-refractivity contribution in [3.63, 3.8) is 0 Å². The van der Waals surface area contributed by atoms with Gasteiger partial charge in [0.2, 0.25) is 10.0 Å². The van der Waals surface area contributed by atoms with Crippen molar-refractivity contribution in [2.45, 2.75) is 25.2 Å². The lowest BCUT2D eigenvalue weighted by Gasteiger charge is -2.34. The number of aromatic nitrogens is 2. The van der Waals surface area contributed by atoms with E-state index in [0.717, 1.165) is 12.1 Å². The Hall–Kier alpha value is -3.25. The molecule has 0 radical (unpaired) electrons. The zero-order valence-electron chi connectivity index (χ0n) is 23.1. The number of hydrogen-bond donors (Lipinski definition) is 0. The second kappa shape index (κ2) is 11.6. The van der Waals surface area contributed by atoms with Crippen molar-refractivity contribution in [2.24, 2.45) is 16.8 Å². The van der Waals surface area contributed by atoms with Gasteiger partial charge < -0.3 is 9.64 Å². The molecule has 1 amide bonds. The summed E-state index contributed by atoms with van der Waals surface area (Å²) in [6, 6.07) is 16.7. The fraction of sp³-hybridized carbons (Fsp3) is 0.367. The lowest BCUT2D eigenvalue weighted by atomic mass is 9.94. The van der Waals surface area contributed by atoms with Gasteiger partial charge in [-0.05, 0) is 60.4 Å². The molecular formula is C30H33N5O4S2. The molecule has 0 saturated carbocycles. The number of thioether (sulfide) groups is 1. The predicted molar refractivity (Wildman–Crippen MR) is 161 cm³/mol. The third kappa shape index (κ3) is 5.90. The van der Waals surface area contributed by atoms with Crippen LogP contribution in [0.25, 0.3) is 23.0 Å². The predicted octanol–water partition coefficient (Wildman–Crippen LogP) is 4.51. The summed E-state index contributed by atoms with van der Waals surface area (Å²) in [6.45, 7) is 7.83. The zero-order chi connectivity index (χ0) is 28.6. The topological polar surface area (TPSA) is 97.1 Å². The van der Waals surface area contributed by atoms with Crippen LogP contribution >= 0.6 is 11.8 Å². The minimum absolute atomic E-state index is 0.244. The van der Waals surface area contributed by atoms with Gasteiger partial charge in [-0.2, -0.15) is 14.4 Å². The molecule has 0 spiro atoms. The summed E-state index contributed by atoms with van der Waals surface area (Å²) in [4.78, 5) is 20.0. The normalized spacial score (nSPS) is 23.3. The Morgan fingerprint density at radius 2 is 1.73 bits per heavy atom. The molecular weight excluding hydrogens is 558 g/mol. The Morgan fingerprint density at radius 3 is 2.46 bits per heavy atom. The van der Waals surface area contributed by atoms with Crippen LogP contribution < -0.4 is 0 Å². The lowest BCUT2D eigenvalue weighted by Crippen LogP contribution is -2.42. The van der Waals surface area contributed by atoms with E-state index in [1.807, 2.05) is 42.6 Å². The SMILES string of the molecule is CC1CC(C)CN(S(=O)(=O)c2cccc(-c3nn(-c4ccccc4)cc3C=C3SC(N4CCOCC4)=NC3=O)c2)C1.